The average Bonchev–Trinajstić information content (AvgIpc) is 2.25. The summed E-state index contributed by atoms with van der Waals surface area (Å²) in [5, 5.41) is 0. The minimum absolute atomic E-state index is 0.196. The summed E-state index contributed by atoms with van der Waals surface area (Å²) in [5.74, 6) is -2.00. The molecule has 0 rings (SSSR count). The van der Waals surface area contributed by atoms with E-state index in [9.17, 15) is 9.59 Å². The lowest BCUT2D eigenvalue weighted by atomic mass is 9.99. The van der Waals surface area contributed by atoms with Gasteiger partial charge in [-0.25, -0.2) is 0 Å². The maximum atomic E-state index is 11.5. The molecule has 0 bridgehead atoms. The van der Waals surface area contributed by atoms with Crippen LogP contribution in [0.1, 0.15) is 33.6 Å². The Morgan fingerprint density at radius 3 is 1.81 bits per heavy atom. The van der Waals surface area contributed by atoms with Gasteiger partial charge in [0.1, 0.15) is 0 Å². The predicted octanol–water partition coefficient (Wildman–Crippen LogP) is 0.856. The summed E-state index contributed by atoms with van der Waals surface area (Å²) in [4.78, 5) is 23.1. The number of carbonyl (C=O) groups excluding carboxylic acids is 2. The zero-order valence-corrected chi connectivity index (χ0v) is 10.2. The van der Waals surface area contributed by atoms with Gasteiger partial charge in [-0.1, -0.05) is 6.92 Å². The molecule has 0 aromatic rings. The molecule has 1 unspecified atom stereocenters. The summed E-state index contributed by atoms with van der Waals surface area (Å²) in [6.45, 7) is 5.78. The maximum absolute atomic E-state index is 11.5. The van der Waals surface area contributed by atoms with Gasteiger partial charge in [0.05, 0.1) is 13.2 Å². The zero-order valence-electron chi connectivity index (χ0n) is 10.2. The second-order valence-electron chi connectivity index (χ2n) is 3.46. The van der Waals surface area contributed by atoms with Crippen LogP contribution in [0.2, 0.25) is 0 Å². The lowest BCUT2D eigenvalue weighted by Gasteiger charge is -2.17. The molecule has 0 aliphatic rings. The monoisotopic (exact) mass is 231 g/mol. The van der Waals surface area contributed by atoms with Crippen molar-refractivity contribution in [2.24, 2.45) is 11.7 Å². The van der Waals surface area contributed by atoms with E-state index in [1.165, 1.54) is 0 Å². The largest absolute Gasteiger partial charge is 0.465 e. The van der Waals surface area contributed by atoms with E-state index in [1.807, 2.05) is 6.92 Å². The number of nitrogens with two attached hydrogens (primary N) is 1. The van der Waals surface area contributed by atoms with E-state index in [0.717, 1.165) is 0 Å². The molecule has 0 heterocycles. The first-order valence-corrected chi connectivity index (χ1v) is 5.65. The summed E-state index contributed by atoms with van der Waals surface area (Å²) < 4.78 is 9.64. The van der Waals surface area contributed by atoms with Crippen molar-refractivity contribution >= 4 is 11.9 Å². The Hall–Kier alpha value is -1.10. The zero-order chi connectivity index (χ0) is 12.6. The first-order chi connectivity index (χ1) is 7.56. The third-order valence-electron chi connectivity index (χ3n) is 2.21. The Labute approximate surface area is 96.3 Å². The van der Waals surface area contributed by atoms with Gasteiger partial charge in [0.15, 0.2) is 5.92 Å². The van der Waals surface area contributed by atoms with E-state index in [1.54, 1.807) is 13.8 Å². The van der Waals surface area contributed by atoms with Crippen LogP contribution in [0.3, 0.4) is 0 Å². The van der Waals surface area contributed by atoms with Crippen LogP contribution in [0.15, 0.2) is 0 Å². The molecule has 2 N–H and O–H groups in total. The maximum Gasteiger partial charge on any atom is 0.320 e. The number of carbonyl (C=O) groups is 2. The molecule has 0 amide bonds. The van der Waals surface area contributed by atoms with Crippen LogP contribution in [0, 0.1) is 5.92 Å². The van der Waals surface area contributed by atoms with Crippen LogP contribution < -0.4 is 5.73 Å². The molecular weight excluding hydrogens is 210 g/mol. The average molecular weight is 231 g/mol. The van der Waals surface area contributed by atoms with E-state index in [-0.39, 0.29) is 25.7 Å². The minimum atomic E-state index is -0.894. The van der Waals surface area contributed by atoms with Gasteiger partial charge in [-0.2, -0.15) is 0 Å². The lowest BCUT2D eigenvalue weighted by molar-refractivity contribution is -0.162. The second-order valence-corrected chi connectivity index (χ2v) is 3.46. The highest BCUT2D eigenvalue weighted by atomic mass is 16.6. The highest BCUT2D eigenvalue weighted by Gasteiger charge is 2.30. The summed E-state index contributed by atoms with van der Waals surface area (Å²) >= 11 is 0. The van der Waals surface area contributed by atoms with Gasteiger partial charge in [-0.3, -0.25) is 9.59 Å². The molecule has 16 heavy (non-hydrogen) atoms. The van der Waals surface area contributed by atoms with Crippen molar-refractivity contribution in [1.82, 2.24) is 0 Å². The summed E-state index contributed by atoms with van der Waals surface area (Å²) in [6.07, 6.45) is 0.976. The first-order valence-electron chi connectivity index (χ1n) is 5.65. The molecule has 0 aliphatic heterocycles. The van der Waals surface area contributed by atoms with E-state index >= 15 is 0 Å². The van der Waals surface area contributed by atoms with Gasteiger partial charge in [-0.05, 0) is 26.7 Å². The van der Waals surface area contributed by atoms with Crippen LogP contribution >= 0.6 is 0 Å². The molecule has 1 atom stereocenters. The van der Waals surface area contributed by atoms with Crippen LogP contribution in [0.5, 0.6) is 0 Å². The third kappa shape index (κ3) is 5.11. The minimum Gasteiger partial charge on any atom is -0.465 e. The Morgan fingerprint density at radius 1 is 1.06 bits per heavy atom. The molecule has 0 saturated heterocycles. The highest BCUT2D eigenvalue weighted by Crippen LogP contribution is 2.12. The molecule has 0 spiro atoms. The fraction of sp³-hybridized carbons (Fsp3) is 0.818. The fourth-order valence-corrected chi connectivity index (χ4v) is 1.24. The normalized spacial score (nSPS) is 12.3. The number of hydrogen-bond donors (Lipinski definition) is 1. The van der Waals surface area contributed by atoms with Gasteiger partial charge in [0.2, 0.25) is 0 Å². The van der Waals surface area contributed by atoms with E-state index in [2.05, 4.69) is 0 Å². The van der Waals surface area contributed by atoms with Crippen molar-refractivity contribution in [3.63, 3.8) is 0 Å². The summed E-state index contributed by atoms with van der Waals surface area (Å²) in [7, 11) is 0. The smallest absolute Gasteiger partial charge is 0.320 e. The van der Waals surface area contributed by atoms with E-state index in [0.29, 0.717) is 6.42 Å². The number of ether oxygens (including phenoxy) is 2. The molecule has 0 saturated carbocycles. The van der Waals surface area contributed by atoms with Crippen molar-refractivity contribution in [3.05, 3.63) is 0 Å². The number of hydrogen-bond acceptors (Lipinski definition) is 5. The van der Waals surface area contributed by atoms with Crippen molar-refractivity contribution in [1.29, 1.82) is 0 Å². The Kier molecular flexibility index (Phi) is 7.54. The topological polar surface area (TPSA) is 78.6 Å². The molecule has 0 aliphatic carbocycles. The Morgan fingerprint density at radius 2 is 1.50 bits per heavy atom. The molecule has 0 radical (unpaired) electrons. The van der Waals surface area contributed by atoms with Crippen LogP contribution in [-0.2, 0) is 19.1 Å². The number of esters is 2. The molecular formula is C11H21NO4. The summed E-state index contributed by atoms with van der Waals surface area (Å²) in [5.41, 5.74) is 5.73. The third-order valence-corrected chi connectivity index (χ3v) is 2.21. The van der Waals surface area contributed by atoms with Gasteiger partial charge in [0, 0.05) is 6.04 Å². The quantitative estimate of drug-likeness (QED) is 0.519. The van der Waals surface area contributed by atoms with Crippen LogP contribution in [0.25, 0.3) is 0 Å². The first kappa shape index (κ1) is 14.9. The van der Waals surface area contributed by atoms with Gasteiger partial charge < -0.3 is 15.2 Å². The molecule has 0 fully saturated rings. The fourth-order valence-electron chi connectivity index (χ4n) is 1.24. The predicted molar refractivity (Wildman–Crippen MR) is 59.6 cm³/mol. The Balaban J connectivity index is 4.49. The molecule has 5 nitrogen and oxygen atoms in total. The van der Waals surface area contributed by atoms with Gasteiger partial charge in [0.25, 0.3) is 0 Å². The van der Waals surface area contributed by atoms with Crippen molar-refractivity contribution < 1.29 is 19.1 Å². The number of rotatable bonds is 7. The molecule has 0 aromatic carbocycles. The van der Waals surface area contributed by atoms with Gasteiger partial charge >= 0.3 is 11.9 Å². The van der Waals surface area contributed by atoms with Crippen LogP contribution in [-0.4, -0.2) is 31.2 Å². The van der Waals surface area contributed by atoms with E-state index in [4.69, 9.17) is 15.2 Å². The van der Waals surface area contributed by atoms with Crippen molar-refractivity contribution in [3.8, 4) is 0 Å². The van der Waals surface area contributed by atoms with E-state index < -0.39 is 17.9 Å². The van der Waals surface area contributed by atoms with Gasteiger partial charge in [-0.15, -0.1) is 0 Å². The van der Waals surface area contributed by atoms with Crippen molar-refractivity contribution in [2.45, 2.75) is 39.7 Å². The lowest BCUT2D eigenvalue weighted by Crippen LogP contribution is -2.34. The standard InChI is InChI=1S/C11H21NO4/c1-4-8(12)7-9(10(13)15-5-2)11(14)16-6-3/h8-9H,4-7,12H2,1-3H3. The highest BCUT2D eigenvalue weighted by molar-refractivity contribution is 5.94. The SMILES string of the molecule is CCOC(=O)C(CC(N)CC)C(=O)OCC. The molecule has 94 valence electrons. The Bertz CT molecular complexity index is 212. The molecule has 0 aromatic heterocycles. The summed E-state index contributed by atoms with van der Waals surface area (Å²) in [6, 6.07) is -0.196. The molecule has 5 heteroatoms. The second kappa shape index (κ2) is 8.10. The van der Waals surface area contributed by atoms with Crippen molar-refractivity contribution in [2.75, 3.05) is 13.2 Å². The van der Waals surface area contributed by atoms with Crippen LogP contribution in [0.4, 0.5) is 0 Å².